The van der Waals surface area contributed by atoms with Crippen LogP contribution in [-0.2, 0) is 16.3 Å². The molecule has 0 amide bonds. The van der Waals surface area contributed by atoms with Gasteiger partial charge in [-0.3, -0.25) is 0 Å². The predicted octanol–water partition coefficient (Wildman–Crippen LogP) is 0.717. The first kappa shape index (κ1) is 13.5. The first-order valence-electron chi connectivity index (χ1n) is 6.20. The van der Waals surface area contributed by atoms with Crippen LogP contribution in [0.5, 0.6) is 0 Å². The molecule has 1 aliphatic heterocycles. The molecule has 1 saturated heterocycles. The highest BCUT2D eigenvalue weighted by Crippen LogP contribution is 2.22. The van der Waals surface area contributed by atoms with Crippen molar-refractivity contribution in [2.75, 3.05) is 18.6 Å². The van der Waals surface area contributed by atoms with Crippen molar-refractivity contribution in [3.8, 4) is 0 Å². The Kier molecular flexibility index (Phi) is 4.01. The standard InChI is InChI=1S/C11H19N3O3S/c1-8(12-2)11-13-10(17-14-11)7-9-3-5-18(15,16)6-4-9/h8-9,12H,3-7H2,1-2H3. The van der Waals surface area contributed by atoms with Gasteiger partial charge in [0.25, 0.3) is 0 Å². The van der Waals surface area contributed by atoms with Crippen LogP contribution in [0.4, 0.5) is 0 Å². The Bertz CT molecular complexity index is 483. The molecule has 0 aromatic carbocycles. The summed E-state index contributed by atoms with van der Waals surface area (Å²) in [7, 11) is -0.957. The third kappa shape index (κ3) is 3.29. The van der Waals surface area contributed by atoms with Crippen LogP contribution in [0.25, 0.3) is 0 Å². The van der Waals surface area contributed by atoms with E-state index in [1.807, 2.05) is 14.0 Å². The molecule has 1 fully saturated rings. The molecule has 0 bridgehead atoms. The van der Waals surface area contributed by atoms with Gasteiger partial charge in [-0.15, -0.1) is 0 Å². The van der Waals surface area contributed by atoms with E-state index in [0.29, 0.717) is 36.9 Å². The second-order valence-electron chi connectivity index (χ2n) is 4.86. The van der Waals surface area contributed by atoms with Crippen LogP contribution in [0.1, 0.15) is 37.5 Å². The number of sulfone groups is 1. The molecule has 0 saturated carbocycles. The van der Waals surface area contributed by atoms with Gasteiger partial charge in [0.15, 0.2) is 5.82 Å². The lowest BCUT2D eigenvalue weighted by Gasteiger charge is -2.19. The fourth-order valence-electron chi connectivity index (χ4n) is 2.05. The van der Waals surface area contributed by atoms with Gasteiger partial charge in [0.1, 0.15) is 9.84 Å². The third-order valence-electron chi connectivity index (χ3n) is 3.44. The van der Waals surface area contributed by atoms with Gasteiger partial charge in [-0.1, -0.05) is 5.16 Å². The van der Waals surface area contributed by atoms with E-state index in [1.165, 1.54) is 0 Å². The highest BCUT2D eigenvalue weighted by atomic mass is 32.2. The van der Waals surface area contributed by atoms with Crippen LogP contribution in [0.2, 0.25) is 0 Å². The van der Waals surface area contributed by atoms with Crippen molar-refractivity contribution in [1.29, 1.82) is 0 Å². The number of aromatic nitrogens is 2. The number of nitrogens with zero attached hydrogens (tertiary/aromatic N) is 2. The third-order valence-corrected chi connectivity index (χ3v) is 5.16. The van der Waals surface area contributed by atoms with E-state index in [4.69, 9.17) is 4.52 Å². The van der Waals surface area contributed by atoms with Crippen molar-refractivity contribution in [3.63, 3.8) is 0 Å². The van der Waals surface area contributed by atoms with Crippen LogP contribution in [0, 0.1) is 5.92 Å². The predicted molar refractivity (Wildman–Crippen MR) is 66.9 cm³/mol. The maximum absolute atomic E-state index is 11.3. The molecule has 18 heavy (non-hydrogen) atoms. The fraction of sp³-hybridized carbons (Fsp3) is 0.818. The molecule has 1 unspecified atom stereocenters. The first-order valence-corrected chi connectivity index (χ1v) is 8.02. The molecule has 1 N–H and O–H groups in total. The van der Waals surface area contributed by atoms with Gasteiger partial charge in [0.05, 0.1) is 17.5 Å². The highest BCUT2D eigenvalue weighted by Gasteiger charge is 2.25. The summed E-state index contributed by atoms with van der Waals surface area (Å²) < 4.78 is 27.8. The van der Waals surface area contributed by atoms with E-state index in [-0.39, 0.29) is 17.5 Å². The van der Waals surface area contributed by atoms with E-state index in [9.17, 15) is 8.42 Å². The summed E-state index contributed by atoms with van der Waals surface area (Å²) >= 11 is 0. The number of nitrogens with one attached hydrogen (secondary N) is 1. The molecular weight excluding hydrogens is 254 g/mol. The SMILES string of the molecule is CNC(C)c1noc(CC2CCS(=O)(=O)CC2)n1. The van der Waals surface area contributed by atoms with Crippen LogP contribution in [0.15, 0.2) is 4.52 Å². The molecule has 1 atom stereocenters. The zero-order valence-electron chi connectivity index (χ0n) is 10.7. The van der Waals surface area contributed by atoms with Gasteiger partial charge in [-0.2, -0.15) is 4.98 Å². The molecule has 7 heteroatoms. The summed E-state index contributed by atoms with van der Waals surface area (Å²) in [5, 5.41) is 6.96. The molecule has 0 radical (unpaired) electrons. The minimum atomic E-state index is -2.80. The topological polar surface area (TPSA) is 85.1 Å². The highest BCUT2D eigenvalue weighted by molar-refractivity contribution is 7.91. The lowest BCUT2D eigenvalue weighted by molar-refractivity contribution is 0.336. The second-order valence-corrected chi connectivity index (χ2v) is 7.16. The molecular formula is C11H19N3O3S. The lowest BCUT2D eigenvalue weighted by atomic mass is 9.99. The molecule has 6 nitrogen and oxygen atoms in total. The monoisotopic (exact) mass is 273 g/mol. The van der Waals surface area contributed by atoms with Crippen molar-refractivity contribution in [2.24, 2.45) is 5.92 Å². The maximum atomic E-state index is 11.3. The van der Waals surface area contributed by atoms with Crippen LogP contribution in [0.3, 0.4) is 0 Å². The van der Waals surface area contributed by atoms with Crippen LogP contribution >= 0.6 is 0 Å². The normalized spacial score (nSPS) is 21.9. The van der Waals surface area contributed by atoms with Gasteiger partial charge >= 0.3 is 0 Å². The summed E-state index contributed by atoms with van der Waals surface area (Å²) in [4.78, 5) is 4.32. The smallest absolute Gasteiger partial charge is 0.226 e. The van der Waals surface area contributed by atoms with Crippen molar-refractivity contribution in [2.45, 2.75) is 32.2 Å². The van der Waals surface area contributed by atoms with Gasteiger partial charge in [0, 0.05) is 6.42 Å². The van der Waals surface area contributed by atoms with E-state index in [1.54, 1.807) is 0 Å². The summed E-state index contributed by atoms with van der Waals surface area (Å²) in [6.07, 6.45) is 2.07. The van der Waals surface area contributed by atoms with Gasteiger partial charge in [0.2, 0.25) is 5.89 Å². The Morgan fingerprint density at radius 1 is 1.44 bits per heavy atom. The van der Waals surface area contributed by atoms with Gasteiger partial charge in [-0.05, 0) is 32.7 Å². The van der Waals surface area contributed by atoms with E-state index < -0.39 is 9.84 Å². The number of rotatable bonds is 4. The number of hydrogen-bond acceptors (Lipinski definition) is 6. The fourth-order valence-corrected chi connectivity index (χ4v) is 3.63. The number of hydrogen-bond donors (Lipinski definition) is 1. The maximum Gasteiger partial charge on any atom is 0.226 e. The Balaban J connectivity index is 1.92. The van der Waals surface area contributed by atoms with Crippen molar-refractivity contribution in [1.82, 2.24) is 15.5 Å². The van der Waals surface area contributed by atoms with Crippen LogP contribution < -0.4 is 5.32 Å². The molecule has 1 aromatic heterocycles. The summed E-state index contributed by atoms with van der Waals surface area (Å²) in [5.41, 5.74) is 0. The quantitative estimate of drug-likeness (QED) is 0.870. The molecule has 102 valence electrons. The minimum absolute atomic E-state index is 0.0641. The van der Waals surface area contributed by atoms with E-state index >= 15 is 0 Å². The largest absolute Gasteiger partial charge is 0.339 e. The summed E-state index contributed by atoms with van der Waals surface area (Å²) in [6, 6.07) is 0.0641. The zero-order valence-corrected chi connectivity index (χ0v) is 11.5. The van der Waals surface area contributed by atoms with E-state index in [2.05, 4.69) is 15.5 Å². The lowest BCUT2D eigenvalue weighted by Crippen LogP contribution is -2.24. The second kappa shape index (κ2) is 5.36. The zero-order chi connectivity index (χ0) is 13.2. The average Bonchev–Trinajstić information content (AvgIpc) is 2.79. The average molecular weight is 273 g/mol. The molecule has 2 rings (SSSR count). The van der Waals surface area contributed by atoms with Crippen LogP contribution in [-0.4, -0.2) is 37.1 Å². The van der Waals surface area contributed by atoms with Crippen molar-refractivity contribution < 1.29 is 12.9 Å². The Hall–Kier alpha value is -0.950. The van der Waals surface area contributed by atoms with Crippen molar-refractivity contribution in [3.05, 3.63) is 11.7 Å². The summed E-state index contributed by atoms with van der Waals surface area (Å²) in [6.45, 7) is 1.96. The molecule has 0 spiro atoms. The molecule has 0 aliphatic carbocycles. The van der Waals surface area contributed by atoms with Crippen molar-refractivity contribution >= 4 is 9.84 Å². The van der Waals surface area contributed by atoms with Gasteiger partial charge in [-0.25, -0.2) is 8.42 Å². The molecule has 1 aliphatic rings. The Morgan fingerprint density at radius 2 is 2.11 bits per heavy atom. The summed E-state index contributed by atoms with van der Waals surface area (Å²) in [5.74, 6) is 2.16. The Morgan fingerprint density at radius 3 is 2.72 bits per heavy atom. The van der Waals surface area contributed by atoms with Gasteiger partial charge < -0.3 is 9.84 Å². The molecule has 1 aromatic rings. The first-order chi connectivity index (χ1) is 8.50. The Labute approximate surface area is 107 Å². The van der Waals surface area contributed by atoms with E-state index in [0.717, 1.165) is 0 Å². The minimum Gasteiger partial charge on any atom is -0.339 e. The molecule has 2 heterocycles.